The van der Waals surface area contributed by atoms with Gasteiger partial charge in [-0.1, -0.05) is 55.3 Å². The van der Waals surface area contributed by atoms with E-state index >= 15 is 0 Å². The van der Waals surface area contributed by atoms with Gasteiger partial charge in [-0.05, 0) is 43.4 Å². The molecule has 8 nitrogen and oxygen atoms in total. The summed E-state index contributed by atoms with van der Waals surface area (Å²) in [7, 11) is 0. The van der Waals surface area contributed by atoms with Crippen molar-refractivity contribution < 1.29 is 19.1 Å². The predicted molar refractivity (Wildman–Crippen MR) is 142 cm³/mol. The molecule has 0 bridgehead atoms. The van der Waals surface area contributed by atoms with Gasteiger partial charge >= 0.3 is 6.09 Å². The zero-order chi connectivity index (χ0) is 25.6. The number of likely N-dealkylation sites (tertiary alicyclic amines) is 1. The Kier molecular flexibility index (Phi) is 7.79. The molecule has 2 heterocycles. The Labute approximate surface area is 220 Å². The van der Waals surface area contributed by atoms with Crippen LogP contribution < -0.4 is 10.6 Å². The Morgan fingerprint density at radius 3 is 2.49 bits per heavy atom. The average molecular weight is 519 g/mol. The molecule has 3 aromatic rings. The molecule has 0 spiro atoms. The Morgan fingerprint density at radius 1 is 0.973 bits per heavy atom. The average Bonchev–Trinajstić information content (AvgIpc) is 3.70. The quantitative estimate of drug-likeness (QED) is 0.447. The van der Waals surface area contributed by atoms with E-state index < -0.39 is 12.1 Å². The van der Waals surface area contributed by atoms with Gasteiger partial charge in [-0.3, -0.25) is 14.5 Å². The van der Waals surface area contributed by atoms with Crippen molar-refractivity contribution in [3.8, 4) is 11.3 Å². The molecule has 2 aliphatic rings. The van der Waals surface area contributed by atoms with Crippen molar-refractivity contribution in [2.45, 2.75) is 57.2 Å². The SMILES string of the molecule is O=C(NC1CCCC1)c1ccc(-c2csc(NC(=O)[C@@H]3CCCN3C(=O)OCc3ccccc3)n2)cc1. The van der Waals surface area contributed by atoms with Crippen molar-refractivity contribution >= 4 is 34.4 Å². The largest absolute Gasteiger partial charge is 0.445 e. The predicted octanol–water partition coefficient (Wildman–Crippen LogP) is 5.22. The molecule has 37 heavy (non-hydrogen) atoms. The number of hydrogen-bond acceptors (Lipinski definition) is 6. The first kappa shape index (κ1) is 25.0. The van der Waals surface area contributed by atoms with Gasteiger partial charge in [0.15, 0.2) is 5.13 Å². The third-order valence-corrected chi connectivity index (χ3v) is 7.62. The number of anilines is 1. The highest BCUT2D eigenvalue weighted by Gasteiger charge is 2.35. The first-order valence-electron chi connectivity index (χ1n) is 12.7. The summed E-state index contributed by atoms with van der Waals surface area (Å²) in [4.78, 5) is 44.1. The maximum Gasteiger partial charge on any atom is 0.410 e. The highest BCUT2D eigenvalue weighted by atomic mass is 32.1. The summed E-state index contributed by atoms with van der Waals surface area (Å²) in [6, 6.07) is 16.5. The highest BCUT2D eigenvalue weighted by Crippen LogP contribution is 2.27. The number of nitrogens with one attached hydrogen (secondary N) is 2. The van der Waals surface area contributed by atoms with Gasteiger partial charge in [0.05, 0.1) is 5.69 Å². The second-order valence-electron chi connectivity index (χ2n) is 9.45. The number of benzene rings is 2. The number of hydrogen-bond donors (Lipinski definition) is 2. The van der Waals surface area contributed by atoms with E-state index in [1.54, 1.807) is 12.1 Å². The van der Waals surface area contributed by atoms with Crippen LogP contribution in [-0.2, 0) is 16.1 Å². The van der Waals surface area contributed by atoms with E-state index in [0.717, 1.165) is 30.4 Å². The molecule has 1 aliphatic carbocycles. The topological polar surface area (TPSA) is 101 Å². The van der Waals surface area contributed by atoms with Crippen molar-refractivity contribution in [3.63, 3.8) is 0 Å². The molecule has 3 amide bonds. The number of rotatable bonds is 7. The summed E-state index contributed by atoms with van der Waals surface area (Å²) in [5.74, 6) is -0.318. The molecule has 192 valence electrons. The Hall–Kier alpha value is -3.72. The van der Waals surface area contributed by atoms with Crippen LogP contribution in [0.4, 0.5) is 9.93 Å². The summed E-state index contributed by atoms with van der Waals surface area (Å²) in [6.07, 6.45) is 5.26. The lowest BCUT2D eigenvalue weighted by Gasteiger charge is -2.22. The summed E-state index contributed by atoms with van der Waals surface area (Å²) >= 11 is 1.32. The molecule has 2 fully saturated rings. The van der Waals surface area contributed by atoms with Gasteiger partial charge < -0.3 is 15.4 Å². The molecule has 2 aromatic carbocycles. The molecule has 0 unspecified atom stereocenters. The Morgan fingerprint density at radius 2 is 1.73 bits per heavy atom. The van der Waals surface area contributed by atoms with Crippen LogP contribution in [0.5, 0.6) is 0 Å². The van der Waals surface area contributed by atoms with Crippen molar-refractivity contribution in [2.24, 2.45) is 0 Å². The first-order chi connectivity index (χ1) is 18.1. The molecule has 1 saturated carbocycles. The number of ether oxygens (including phenoxy) is 1. The molecule has 9 heteroatoms. The van der Waals surface area contributed by atoms with Gasteiger partial charge in [0.2, 0.25) is 5.91 Å². The van der Waals surface area contributed by atoms with Crippen LogP contribution in [0.1, 0.15) is 54.4 Å². The molecule has 1 saturated heterocycles. The fourth-order valence-electron chi connectivity index (χ4n) is 4.84. The number of thiazole rings is 1. The number of aromatic nitrogens is 1. The van der Waals surface area contributed by atoms with Crippen LogP contribution in [0.2, 0.25) is 0 Å². The number of amides is 3. The number of carbonyl (C=O) groups is 3. The lowest BCUT2D eigenvalue weighted by Crippen LogP contribution is -2.43. The van der Waals surface area contributed by atoms with Crippen LogP contribution in [0.25, 0.3) is 11.3 Å². The zero-order valence-corrected chi connectivity index (χ0v) is 21.3. The number of nitrogens with zero attached hydrogens (tertiary/aromatic N) is 2. The van der Waals surface area contributed by atoms with Crippen molar-refractivity contribution in [1.82, 2.24) is 15.2 Å². The second-order valence-corrected chi connectivity index (χ2v) is 10.3. The standard InChI is InChI=1S/C28H30N4O4S/c33-25(29-22-9-4-5-10-22)21-14-12-20(13-15-21)23-18-37-27(30-23)31-26(34)24-11-6-16-32(24)28(35)36-17-19-7-2-1-3-8-19/h1-3,7-8,12-15,18,22,24H,4-6,9-11,16-17H2,(H,29,33)(H,30,31,34)/t24-/m0/s1. The first-order valence-corrected chi connectivity index (χ1v) is 13.6. The van der Waals surface area contributed by atoms with Crippen LogP contribution in [-0.4, -0.2) is 46.4 Å². The van der Waals surface area contributed by atoms with Crippen LogP contribution >= 0.6 is 11.3 Å². The lowest BCUT2D eigenvalue weighted by atomic mass is 10.1. The van der Waals surface area contributed by atoms with E-state index in [9.17, 15) is 14.4 Å². The van der Waals surface area contributed by atoms with Crippen molar-refractivity contribution in [2.75, 3.05) is 11.9 Å². The third-order valence-electron chi connectivity index (χ3n) is 6.86. The zero-order valence-electron chi connectivity index (χ0n) is 20.5. The van der Waals surface area contributed by atoms with E-state index in [-0.39, 0.29) is 24.5 Å². The van der Waals surface area contributed by atoms with Crippen molar-refractivity contribution in [3.05, 3.63) is 71.1 Å². The second kappa shape index (κ2) is 11.6. The van der Waals surface area contributed by atoms with Gasteiger partial charge in [-0.2, -0.15) is 0 Å². The molecule has 5 rings (SSSR count). The molecule has 1 atom stereocenters. The molecule has 2 N–H and O–H groups in total. The Balaban J connectivity index is 1.16. The van der Waals surface area contributed by atoms with Crippen molar-refractivity contribution in [1.29, 1.82) is 0 Å². The molecule has 0 radical (unpaired) electrons. The smallest absolute Gasteiger partial charge is 0.410 e. The summed E-state index contributed by atoms with van der Waals surface area (Å²) in [5, 5.41) is 8.29. The maximum absolute atomic E-state index is 13.0. The van der Waals surface area contributed by atoms with Gasteiger partial charge in [0.25, 0.3) is 5.91 Å². The summed E-state index contributed by atoms with van der Waals surface area (Å²) in [6.45, 7) is 0.650. The molecule has 1 aromatic heterocycles. The van der Waals surface area contributed by atoms with E-state index in [1.165, 1.54) is 29.1 Å². The minimum Gasteiger partial charge on any atom is -0.445 e. The minimum atomic E-state index is -0.590. The molecule has 1 aliphatic heterocycles. The lowest BCUT2D eigenvalue weighted by molar-refractivity contribution is -0.120. The van der Waals surface area contributed by atoms with E-state index in [4.69, 9.17) is 4.74 Å². The van der Waals surface area contributed by atoms with Crippen LogP contribution in [0.3, 0.4) is 0 Å². The van der Waals surface area contributed by atoms with Gasteiger partial charge in [-0.15, -0.1) is 11.3 Å². The molecular formula is C28H30N4O4S. The maximum atomic E-state index is 13.0. The van der Waals surface area contributed by atoms with Gasteiger partial charge in [0, 0.05) is 29.1 Å². The third kappa shape index (κ3) is 6.17. The Bertz CT molecular complexity index is 1240. The van der Waals surface area contributed by atoms with E-state index in [0.29, 0.717) is 29.4 Å². The van der Waals surface area contributed by atoms with E-state index in [1.807, 2.05) is 47.8 Å². The normalized spacial score (nSPS) is 17.5. The summed E-state index contributed by atoms with van der Waals surface area (Å²) < 4.78 is 5.43. The van der Waals surface area contributed by atoms with Crippen LogP contribution in [0, 0.1) is 0 Å². The number of carbonyl (C=O) groups excluding carboxylic acids is 3. The van der Waals surface area contributed by atoms with Gasteiger partial charge in [0.1, 0.15) is 12.6 Å². The highest BCUT2D eigenvalue weighted by molar-refractivity contribution is 7.14. The minimum absolute atomic E-state index is 0.0481. The fraction of sp³-hybridized carbons (Fsp3) is 0.357. The van der Waals surface area contributed by atoms with E-state index in [2.05, 4.69) is 15.6 Å². The van der Waals surface area contributed by atoms with Gasteiger partial charge in [-0.25, -0.2) is 9.78 Å². The monoisotopic (exact) mass is 518 g/mol. The molecular weight excluding hydrogens is 488 g/mol. The summed E-state index contributed by atoms with van der Waals surface area (Å²) in [5.41, 5.74) is 3.10. The fourth-order valence-corrected chi connectivity index (χ4v) is 5.57. The van der Waals surface area contributed by atoms with Crippen LogP contribution in [0.15, 0.2) is 60.0 Å².